The van der Waals surface area contributed by atoms with Crippen LogP contribution in [0.2, 0.25) is 0 Å². The van der Waals surface area contributed by atoms with Crippen LogP contribution in [-0.2, 0) is 10.8 Å². The first-order valence-electron chi connectivity index (χ1n) is 14.9. The molecule has 0 N–H and O–H groups in total. The van der Waals surface area contributed by atoms with Gasteiger partial charge in [0.2, 0.25) is 0 Å². The summed E-state index contributed by atoms with van der Waals surface area (Å²) in [6.45, 7) is 9.43. The maximum Gasteiger partial charge on any atom is 0.0741 e. The Hall–Kier alpha value is -5.16. The molecule has 4 heterocycles. The summed E-state index contributed by atoms with van der Waals surface area (Å²) in [6.07, 6.45) is 3.90. The van der Waals surface area contributed by atoms with Crippen LogP contribution in [0.15, 0.2) is 116 Å². The summed E-state index contributed by atoms with van der Waals surface area (Å²) < 4.78 is 4.12. The zero-order valence-electron chi connectivity index (χ0n) is 24.7. The lowest BCUT2D eigenvalue weighted by atomic mass is 9.66. The third kappa shape index (κ3) is 3.17. The van der Waals surface area contributed by atoms with Crippen LogP contribution in [0.5, 0.6) is 0 Å². The fourth-order valence-electron chi connectivity index (χ4n) is 7.54. The van der Waals surface area contributed by atoms with E-state index >= 15 is 0 Å². The van der Waals surface area contributed by atoms with E-state index in [0.717, 1.165) is 33.2 Å². The van der Waals surface area contributed by atoms with Crippen molar-refractivity contribution in [1.82, 2.24) is 19.6 Å². The minimum atomic E-state index is -0.175. The van der Waals surface area contributed by atoms with Crippen molar-refractivity contribution < 1.29 is 0 Å². The monoisotopic (exact) mass is 557 g/mol. The molecule has 2 aromatic heterocycles. The van der Waals surface area contributed by atoms with E-state index in [4.69, 9.17) is 10.2 Å². The number of hydrogen-bond donors (Lipinski definition) is 0. The predicted octanol–water partition coefficient (Wildman–Crippen LogP) is 9.11. The molecule has 0 bridgehead atoms. The summed E-state index contributed by atoms with van der Waals surface area (Å²) >= 11 is 0. The van der Waals surface area contributed by atoms with Gasteiger partial charge in [-0.1, -0.05) is 94.4 Å². The van der Waals surface area contributed by atoms with E-state index in [1.165, 1.54) is 39.3 Å². The second-order valence-corrected chi connectivity index (χ2v) is 12.9. The molecule has 0 saturated carbocycles. The van der Waals surface area contributed by atoms with Crippen molar-refractivity contribution in [2.75, 3.05) is 4.90 Å². The van der Waals surface area contributed by atoms with E-state index in [2.05, 4.69) is 145 Å². The smallest absolute Gasteiger partial charge is 0.0741 e. The lowest BCUT2D eigenvalue weighted by Crippen LogP contribution is -2.38. The van der Waals surface area contributed by atoms with Crippen molar-refractivity contribution in [3.63, 3.8) is 0 Å². The second kappa shape index (κ2) is 8.23. The van der Waals surface area contributed by atoms with Gasteiger partial charge in [-0.05, 0) is 58.7 Å². The highest BCUT2D eigenvalue weighted by atomic mass is 15.3. The summed E-state index contributed by atoms with van der Waals surface area (Å²) in [4.78, 5) is 2.51. The van der Waals surface area contributed by atoms with Crippen molar-refractivity contribution in [2.24, 2.45) is 0 Å². The molecular formula is C38H31N5. The molecular weight excluding hydrogens is 526 g/mol. The Morgan fingerprint density at radius 1 is 0.488 bits per heavy atom. The zero-order chi connectivity index (χ0) is 29.1. The van der Waals surface area contributed by atoms with Gasteiger partial charge in [-0.3, -0.25) is 0 Å². The van der Waals surface area contributed by atoms with E-state index in [9.17, 15) is 0 Å². The van der Waals surface area contributed by atoms with E-state index in [1.54, 1.807) is 0 Å². The highest BCUT2D eigenvalue weighted by molar-refractivity contribution is 5.94. The van der Waals surface area contributed by atoms with E-state index in [-0.39, 0.29) is 10.8 Å². The molecule has 0 spiro atoms. The number of hydrogen-bond acceptors (Lipinski definition) is 3. The first-order chi connectivity index (χ1) is 20.8. The number of anilines is 3. The summed E-state index contributed by atoms with van der Waals surface area (Å²) in [5.41, 5.74) is 13.0. The van der Waals surface area contributed by atoms with Gasteiger partial charge in [0.25, 0.3) is 0 Å². The average Bonchev–Trinajstić information content (AvgIpc) is 3.65. The minimum Gasteiger partial charge on any atom is -0.309 e. The maximum absolute atomic E-state index is 4.81. The molecule has 0 amide bonds. The molecule has 5 aromatic carbocycles. The van der Waals surface area contributed by atoms with Crippen LogP contribution < -0.4 is 4.90 Å². The van der Waals surface area contributed by atoms with E-state index in [1.807, 2.05) is 12.4 Å². The standard InChI is InChI=1S/C38H31N5/c1-37(2)28-18-16-26(42-32-14-7-5-10-24(32)22-39-42)20-34(28)41-35-21-27(43-33-15-8-6-11-25(33)23-40-43)17-19-29(35)38(3,4)31-13-9-12-30(37)36(31)41/h5-23H,1-4H3. The summed E-state index contributed by atoms with van der Waals surface area (Å²) in [5.74, 6) is 0. The maximum atomic E-state index is 4.81. The largest absolute Gasteiger partial charge is 0.309 e. The highest BCUT2D eigenvalue weighted by Gasteiger charge is 2.45. The predicted molar refractivity (Wildman–Crippen MR) is 175 cm³/mol. The normalized spacial score (nSPS) is 15.8. The van der Waals surface area contributed by atoms with Gasteiger partial charge in [0.05, 0.1) is 51.9 Å². The van der Waals surface area contributed by atoms with Crippen LogP contribution in [0.4, 0.5) is 17.1 Å². The van der Waals surface area contributed by atoms with Crippen molar-refractivity contribution in [3.05, 3.63) is 138 Å². The van der Waals surface area contributed by atoms with Crippen LogP contribution >= 0.6 is 0 Å². The van der Waals surface area contributed by atoms with Gasteiger partial charge in [0, 0.05) is 21.6 Å². The average molecular weight is 558 g/mol. The van der Waals surface area contributed by atoms with E-state index in [0.29, 0.717) is 0 Å². The van der Waals surface area contributed by atoms with Gasteiger partial charge < -0.3 is 4.90 Å². The molecule has 43 heavy (non-hydrogen) atoms. The third-order valence-electron chi connectivity index (χ3n) is 9.84. The molecule has 0 radical (unpaired) electrons. The molecule has 9 rings (SSSR count). The fourth-order valence-corrected chi connectivity index (χ4v) is 7.54. The topological polar surface area (TPSA) is 38.9 Å². The molecule has 0 unspecified atom stereocenters. The van der Waals surface area contributed by atoms with Gasteiger partial charge in [-0.2, -0.15) is 10.2 Å². The lowest BCUT2D eigenvalue weighted by molar-refractivity contribution is 0.597. The van der Waals surface area contributed by atoms with Crippen molar-refractivity contribution >= 4 is 38.9 Å². The number of nitrogens with zero attached hydrogens (tertiary/aromatic N) is 5. The van der Waals surface area contributed by atoms with Crippen molar-refractivity contribution in [1.29, 1.82) is 0 Å². The quantitative estimate of drug-likeness (QED) is 0.213. The Bertz CT molecular complexity index is 2110. The zero-order valence-corrected chi connectivity index (χ0v) is 24.7. The van der Waals surface area contributed by atoms with Gasteiger partial charge >= 0.3 is 0 Å². The molecule has 0 saturated heterocycles. The second-order valence-electron chi connectivity index (χ2n) is 12.9. The molecule has 0 fully saturated rings. The lowest BCUT2D eigenvalue weighted by Gasteiger charge is -2.49. The Kier molecular flexibility index (Phi) is 4.68. The molecule has 7 aromatic rings. The molecule has 0 aliphatic carbocycles. The van der Waals surface area contributed by atoms with Gasteiger partial charge in [-0.25, -0.2) is 9.36 Å². The van der Waals surface area contributed by atoms with Crippen LogP contribution in [0, 0.1) is 0 Å². The van der Waals surface area contributed by atoms with Gasteiger partial charge in [0.1, 0.15) is 0 Å². The molecule has 5 nitrogen and oxygen atoms in total. The Labute approximate surface area is 250 Å². The van der Waals surface area contributed by atoms with Crippen LogP contribution in [-0.4, -0.2) is 19.6 Å². The van der Waals surface area contributed by atoms with Crippen LogP contribution in [0.3, 0.4) is 0 Å². The molecule has 0 atom stereocenters. The van der Waals surface area contributed by atoms with Gasteiger partial charge in [0.15, 0.2) is 0 Å². The number of fused-ring (bicyclic) bond motifs is 6. The van der Waals surface area contributed by atoms with Crippen molar-refractivity contribution in [3.8, 4) is 11.4 Å². The van der Waals surface area contributed by atoms with E-state index < -0.39 is 0 Å². The number of aromatic nitrogens is 4. The molecule has 208 valence electrons. The molecule has 5 heteroatoms. The first kappa shape index (κ1) is 24.4. The Morgan fingerprint density at radius 2 is 0.953 bits per heavy atom. The number of rotatable bonds is 2. The van der Waals surface area contributed by atoms with Gasteiger partial charge in [-0.15, -0.1) is 0 Å². The Morgan fingerprint density at radius 3 is 1.44 bits per heavy atom. The molecule has 2 aliphatic heterocycles. The first-order valence-corrected chi connectivity index (χ1v) is 14.9. The van der Waals surface area contributed by atoms with Crippen LogP contribution in [0.1, 0.15) is 49.9 Å². The number of benzene rings is 5. The SMILES string of the molecule is CC1(C)c2ccc(-n3ncc4ccccc43)cc2N2c3cc(-n4ncc5ccccc54)ccc3C(C)(C)c3cccc1c32. The summed E-state index contributed by atoms with van der Waals surface area (Å²) in [5, 5.41) is 11.9. The summed E-state index contributed by atoms with van der Waals surface area (Å²) in [7, 11) is 0. The third-order valence-corrected chi connectivity index (χ3v) is 9.84. The Balaban J connectivity index is 1.34. The van der Waals surface area contributed by atoms with Crippen molar-refractivity contribution in [2.45, 2.75) is 38.5 Å². The number of para-hydroxylation sites is 3. The minimum absolute atomic E-state index is 0.175. The summed E-state index contributed by atoms with van der Waals surface area (Å²) in [6, 6.07) is 37.4. The molecule has 2 aliphatic rings. The highest BCUT2D eigenvalue weighted by Crippen LogP contribution is 2.60. The fraction of sp³-hybridized carbons (Fsp3) is 0.158. The van der Waals surface area contributed by atoms with Crippen LogP contribution in [0.25, 0.3) is 33.2 Å².